The zero-order valence-corrected chi connectivity index (χ0v) is 14.5. The van der Waals surface area contributed by atoms with Crippen molar-refractivity contribution in [1.29, 1.82) is 0 Å². The molecule has 0 saturated carbocycles. The van der Waals surface area contributed by atoms with E-state index in [0.29, 0.717) is 17.3 Å². The van der Waals surface area contributed by atoms with Gasteiger partial charge in [0, 0.05) is 24.2 Å². The van der Waals surface area contributed by atoms with Crippen LogP contribution in [-0.2, 0) is 0 Å². The number of piperidine rings is 1. The molecule has 130 valence electrons. The lowest BCUT2D eigenvalue weighted by Crippen LogP contribution is -2.32. The van der Waals surface area contributed by atoms with Gasteiger partial charge in [-0.2, -0.15) is 9.97 Å². The van der Waals surface area contributed by atoms with Gasteiger partial charge in [0.2, 0.25) is 17.6 Å². The molecule has 2 aromatic carbocycles. The molecule has 0 atom stereocenters. The summed E-state index contributed by atoms with van der Waals surface area (Å²) in [5.41, 5.74) is 1.47. The number of carbonyl (C=O) groups is 1. The molecule has 0 bridgehead atoms. The minimum Gasteiger partial charge on any atom is -0.341 e. The summed E-state index contributed by atoms with van der Waals surface area (Å²) in [4.78, 5) is 28.7. The Bertz CT molecular complexity index is 890. The highest BCUT2D eigenvalue weighted by Gasteiger charge is 2.20. The van der Waals surface area contributed by atoms with E-state index < -0.39 is 0 Å². The maximum atomic E-state index is 12.9. The first-order valence-corrected chi connectivity index (χ1v) is 8.97. The fraction of sp³-hybridized carbons (Fsp3) is 0.238. The van der Waals surface area contributed by atoms with Crippen molar-refractivity contribution in [3.8, 4) is 11.4 Å². The average molecular weight is 344 g/mol. The summed E-state index contributed by atoms with van der Waals surface area (Å²) >= 11 is 0. The molecule has 1 saturated heterocycles. The van der Waals surface area contributed by atoms with Crippen LogP contribution in [0, 0.1) is 0 Å². The molecule has 1 fully saturated rings. The van der Waals surface area contributed by atoms with E-state index in [1.807, 2.05) is 48.5 Å². The first-order valence-electron chi connectivity index (χ1n) is 8.97. The van der Waals surface area contributed by atoms with Crippen molar-refractivity contribution in [2.75, 3.05) is 18.0 Å². The van der Waals surface area contributed by atoms with Gasteiger partial charge in [-0.1, -0.05) is 60.7 Å². The standard InChI is InChI=1S/C21H20N4O/c26-18(16-10-4-1-5-11-16)20-22-19(17-12-6-2-7-13-17)23-21(24-20)25-14-8-3-9-15-25/h1-2,4-7,10-13H,3,8-9,14-15H2. The molecule has 0 N–H and O–H groups in total. The maximum absolute atomic E-state index is 12.9. The fourth-order valence-corrected chi connectivity index (χ4v) is 3.14. The number of hydrogen-bond acceptors (Lipinski definition) is 5. The molecule has 5 heteroatoms. The van der Waals surface area contributed by atoms with Gasteiger partial charge < -0.3 is 4.90 Å². The summed E-state index contributed by atoms with van der Waals surface area (Å²) in [5.74, 6) is 1.16. The van der Waals surface area contributed by atoms with Gasteiger partial charge in [-0.05, 0) is 19.3 Å². The molecule has 2 heterocycles. The van der Waals surface area contributed by atoms with Crippen LogP contribution < -0.4 is 4.90 Å². The van der Waals surface area contributed by atoms with E-state index in [9.17, 15) is 4.79 Å². The topological polar surface area (TPSA) is 59.0 Å². The van der Waals surface area contributed by atoms with Gasteiger partial charge in [-0.3, -0.25) is 4.79 Å². The first-order chi connectivity index (χ1) is 12.8. The van der Waals surface area contributed by atoms with E-state index in [-0.39, 0.29) is 11.6 Å². The Hall–Kier alpha value is -3.08. The molecule has 3 aromatic rings. The predicted molar refractivity (Wildman–Crippen MR) is 101 cm³/mol. The second-order valence-corrected chi connectivity index (χ2v) is 6.39. The molecule has 0 amide bonds. The van der Waals surface area contributed by atoms with Crippen LogP contribution in [0.3, 0.4) is 0 Å². The number of aromatic nitrogens is 3. The van der Waals surface area contributed by atoms with Crippen LogP contribution in [0.4, 0.5) is 5.95 Å². The first kappa shape index (κ1) is 16.4. The zero-order valence-electron chi connectivity index (χ0n) is 14.5. The van der Waals surface area contributed by atoms with Gasteiger partial charge in [0.25, 0.3) is 0 Å². The second-order valence-electron chi connectivity index (χ2n) is 6.39. The number of carbonyl (C=O) groups excluding carboxylic acids is 1. The largest absolute Gasteiger partial charge is 0.341 e. The maximum Gasteiger partial charge on any atom is 0.230 e. The van der Waals surface area contributed by atoms with Crippen molar-refractivity contribution in [3.63, 3.8) is 0 Å². The van der Waals surface area contributed by atoms with Gasteiger partial charge in [0.15, 0.2) is 5.82 Å². The summed E-state index contributed by atoms with van der Waals surface area (Å²) in [5, 5.41) is 0. The van der Waals surface area contributed by atoms with Gasteiger partial charge in [-0.25, -0.2) is 4.98 Å². The highest BCUT2D eigenvalue weighted by atomic mass is 16.1. The molecule has 1 aromatic heterocycles. The van der Waals surface area contributed by atoms with E-state index in [1.54, 1.807) is 12.1 Å². The normalized spacial score (nSPS) is 14.2. The Morgan fingerprint density at radius 1 is 0.769 bits per heavy atom. The molecule has 0 radical (unpaired) electrons. The smallest absolute Gasteiger partial charge is 0.230 e. The molecule has 1 aliphatic rings. The predicted octanol–water partition coefficient (Wildman–Crippen LogP) is 3.76. The van der Waals surface area contributed by atoms with E-state index in [4.69, 9.17) is 0 Å². The van der Waals surface area contributed by atoms with Gasteiger partial charge in [0.1, 0.15) is 0 Å². The molecule has 0 spiro atoms. The molecule has 1 aliphatic heterocycles. The Labute approximate surface area is 152 Å². The zero-order chi connectivity index (χ0) is 17.8. The van der Waals surface area contributed by atoms with E-state index in [1.165, 1.54) is 6.42 Å². The lowest BCUT2D eigenvalue weighted by molar-refractivity contribution is 0.102. The summed E-state index contributed by atoms with van der Waals surface area (Å²) in [6.45, 7) is 1.83. The van der Waals surface area contributed by atoms with Gasteiger partial charge in [0.05, 0.1) is 0 Å². The molecule has 26 heavy (non-hydrogen) atoms. The van der Waals surface area contributed by atoms with E-state index in [0.717, 1.165) is 31.5 Å². The Kier molecular flexibility index (Phi) is 4.69. The molecular formula is C21H20N4O. The summed E-state index contributed by atoms with van der Waals surface area (Å²) < 4.78 is 0. The van der Waals surface area contributed by atoms with E-state index in [2.05, 4.69) is 19.9 Å². The molecule has 0 unspecified atom stereocenters. The molecule has 0 aliphatic carbocycles. The number of rotatable bonds is 4. The Morgan fingerprint density at radius 3 is 2.12 bits per heavy atom. The van der Waals surface area contributed by atoms with Crippen molar-refractivity contribution in [3.05, 3.63) is 72.1 Å². The van der Waals surface area contributed by atoms with Crippen LogP contribution in [-0.4, -0.2) is 33.8 Å². The summed E-state index contributed by atoms with van der Waals surface area (Å²) in [6, 6.07) is 18.9. The minimum atomic E-state index is -0.177. The van der Waals surface area contributed by atoms with E-state index >= 15 is 0 Å². The fourth-order valence-electron chi connectivity index (χ4n) is 3.14. The summed E-state index contributed by atoms with van der Waals surface area (Å²) in [7, 11) is 0. The monoisotopic (exact) mass is 344 g/mol. The Morgan fingerprint density at radius 2 is 1.42 bits per heavy atom. The lowest BCUT2D eigenvalue weighted by Gasteiger charge is -2.26. The Balaban J connectivity index is 1.78. The van der Waals surface area contributed by atoms with Gasteiger partial charge in [-0.15, -0.1) is 0 Å². The van der Waals surface area contributed by atoms with Crippen molar-refractivity contribution in [2.24, 2.45) is 0 Å². The number of nitrogens with zero attached hydrogens (tertiary/aromatic N) is 4. The average Bonchev–Trinajstić information content (AvgIpc) is 2.75. The lowest BCUT2D eigenvalue weighted by atomic mass is 10.1. The number of anilines is 1. The molecule has 5 nitrogen and oxygen atoms in total. The van der Waals surface area contributed by atoms with Crippen LogP contribution >= 0.6 is 0 Å². The third-order valence-electron chi connectivity index (χ3n) is 4.53. The quantitative estimate of drug-likeness (QED) is 0.675. The van der Waals surface area contributed by atoms with Crippen LogP contribution in [0.15, 0.2) is 60.7 Å². The highest BCUT2D eigenvalue weighted by molar-refractivity contribution is 6.06. The van der Waals surface area contributed by atoms with Gasteiger partial charge >= 0.3 is 0 Å². The van der Waals surface area contributed by atoms with Crippen LogP contribution in [0.25, 0.3) is 11.4 Å². The van der Waals surface area contributed by atoms with Crippen molar-refractivity contribution < 1.29 is 4.79 Å². The number of benzene rings is 2. The number of ketones is 1. The second kappa shape index (κ2) is 7.44. The van der Waals surface area contributed by atoms with Crippen LogP contribution in [0.5, 0.6) is 0 Å². The van der Waals surface area contributed by atoms with Crippen molar-refractivity contribution in [1.82, 2.24) is 15.0 Å². The third kappa shape index (κ3) is 3.47. The highest BCUT2D eigenvalue weighted by Crippen LogP contribution is 2.21. The van der Waals surface area contributed by atoms with Crippen molar-refractivity contribution >= 4 is 11.7 Å². The molecule has 4 rings (SSSR count). The third-order valence-corrected chi connectivity index (χ3v) is 4.53. The molecular weight excluding hydrogens is 324 g/mol. The minimum absolute atomic E-state index is 0.177. The van der Waals surface area contributed by atoms with Crippen molar-refractivity contribution in [2.45, 2.75) is 19.3 Å². The summed E-state index contributed by atoms with van der Waals surface area (Å²) in [6.07, 6.45) is 3.46. The number of hydrogen-bond donors (Lipinski definition) is 0. The van der Waals surface area contributed by atoms with Crippen LogP contribution in [0.2, 0.25) is 0 Å². The van der Waals surface area contributed by atoms with Crippen LogP contribution in [0.1, 0.15) is 35.4 Å². The SMILES string of the molecule is O=C(c1ccccc1)c1nc(-c2ccccc2)nc(N2CCCCC2)n1.